The molecule has 1 aromatic carbocycles. The Morgan fingerprint density at radius 1 is 1.10 bits per heavy atom. The molecule has 0 atom stereocenters. The third-order valence-electron chi connectivity index (χ3n) is 3.98. The van der Waals surface area contributed by atoms with E-state index in [1.807, 2.05) is 0 Å². The van der Waals surface area contributed by atoms with Crippen LogP contribution in [-0.4, -0.2) is 26.9 Å². The van der Waals surface area contributed by atoms with Crippen molar-refractivity contribution in [2.24, 2.45) is 0 Å². The van der Waals surface area contributed by atoms with Crippen LogP contribution in [0.4, 0.5) is 23.8 Å². The van der Waals surface area contributed by atoms with Gasteiger partial charge >= 0.3 is 12.3 Å². The summed E-state index contributed by atoms with van der Waals surface area (Å²) in [5.41, 5.74) is -0.304. The lowest BCUT2D eigenvalue weighted by Gasteiger charge is -2.19. The van der Waals surface area contributed by atoms with Gasteiger partial charge in [0.05, 0.1) is 5.56 Å². The van der Waals surface area contributed by atoms with Gasteiger partial charge in [0, 0.05) is 18.2 Å². The van der Waals surface area contributed by atoms with E-state index in [1.165, 1.54) is 12.3 Å². The molecule has 2 heterocycles. The monoisotopic (exact) mass is 434 g/mol. The minimum absolute atomic E-state index is 0.202. The van der Waals surface area contributed by atoms with Crippen LogP contribution < -0.4 is 5.32 Å². The summed E-state index contributed by atoms with van der Waals surface area (Å²) in [5, 5.41) is 10.4. The van der Waals surface area contributed by atoms with Crippen LogP contribution in [0, 0.1) is 0 Å². The number of carbonyl (C=O) groups is 1. The van der Waals surface area contributed by atoms with Crippen LogP contribution >= 0.6 is 0 Å². The first kappa shape index (κ1) is 22.3. The summed E-state index contributed by atoms with van der Waals surface area (Å²) >= 11 is 0. The minimum atomic E-state index is -4.39. The first-order valence-electron chi connectivity index (χ1n) is 9.44. The van der Waals surface area contributed by atoms with Crippen molar-refractivity contribution in [3.05, 3.63) is 59.6 Å². The molecule has 0 radical (unpaired) electrons. The number of anilines is 1. The number of rotatable bonds is 5. The molecule has 164 valence electrons. The lowest BCUT2D eigenvalue weighted by molar-refractivity contribution is -0.137. The van der Waals surface area contributed by atoms with E-state index in [0.29, 0.717) is 17.5 Å². The van der Waals surface area contributed by atoms with Gasteiger partial charge < -0.3 is 9.15 Å². The van der Waals surface area contributed by atoms with Crippen molar-refractivity contribution >= 4 is 11.9 Å². The number of benzene rings is 1. The van der Waals surface area contributed by atoms with Gasteiger partial charge in [0.25, 0.3) is 0 Å². The zero-order valence-corrected chi connectivity index (χ0v) is 17.2. The molecule has 0 saturated carbocycles. The van der Waals surface area contributed by atoms with Crippen LogP contribution in [0.2, 0.25) is 0 Å². The van der Waals surface area contributed by atoms with Gasteiger partial charge in [0.2, 0.25) is 11.8 Å². The Morgan fingerprint density at radius 2 is 1.87 bits per heavy atom. The number of alkyl halides is 3. The van der Waals surface area contributed by atoms with Gasteiger partial charge in [-0.25, -0.2) is 9.78 Å². The number of hydrogen-bond acceptors (Lipinski definition) is 6. The highest BCUT2D eigenvalue weighted by atomic mass is 19.4. The van der Waals surface area contributed by atoms with Gasteiger partial charge in [0.1, 0.15) is 11.4 Å². The highest BCUT2D eigenvalue weighted by molar-refractivity contribution is 5.84. The van der Waals surface area contributed by atoms with Crippen LogP contribution in [0.15, 0.2) is 47.0 Å². The van der Waals surface area contributed by atoms with E-state index in [9.17, 15) is 18.0 Å². The van der Waals surface area contributed by atoms with Crippen molar-refractivity contribution in [3.63, 3.8) is 0 Å². The van der Waals surface area contributed by atoms with Crippen LogP contribution in [0.25, 0.3) is 11.5 Å². The lowest BCUT2D eigenvalue weighted by Crippen LogP contribution is -2.27. The second-order valence-electron chi connectivity index (χ2n) is 7.76. The average Bonchev–Trinajstić information content (AvgIpc) is 3.14. The molecular formula is C21H21F3N4O3. The van der Waals surface area contributed by atoms with E-state index in [4.69, 9.17) is 9.15 Å². The second-order valence-corrected chi connectivity index (χ2v) is 7.76. The van der Waals surface area contributed by atoms with Crippen LogP contribution in [0.3, 0.4) is 0 Å². The van der Waals surface area contributed by atoms with Crippen LogP contribution in [0.5, 0.6) is 0 Å². The highest BCUT2D eigenvalue weighted by Crippen LogP contribution is 2.30. The van der Waals surface area contributed by atoms with Crippen molar-refractivity contribution in [2.45, 2.75) is 45.4 Å². The fourth-order valence-electron chi connectivity index (χ4n) is 2.67. The van der Waals surface area contributed by atoms with Gasteiger partial charge in [-0.2, -0.15) is 13.2 Å². The lowest BCUT2D eigenvalue weighted by atomic mass is 10.1. The van der Waals surface area contributed by atoms with E-state index in [0.717, 1.165) is 12.1 Å². The van der Waals surface area contributed by atoms with Gasteiger partial charge in [-0.05, 0) is 51.0 Å². The number of halogens is 3. The zero-order valence-electron chi connectivity index (χ0n) is 17.2. The van der Waals surface area contributed by atoms with Crippen molar-refractivity contribution in [3.8, 4) is 11.5 Å². The molecule has 0 saturated heterocycles. The number of carbonyl (C=O) groups excluding carboxylic acids is 1. The Labute approximate surface area is 176 Å². The van der Waals surface area contributed by atoms with E-state index < -0.39 is 23.4 Å². The third kappa shape index (κ3) is 6.53. The molecule has 3 rings (SSSR count). The fraction of sp³-hybridized carbons (Fsp3) is 0.333. The number of nitrogens with one attached hydrogen (secondary N) is 1. The van der Waals surface area contributed by atoms with E-state index in [-0.39, 0.29) is 24.0 Å². The quantitative estimate of drug-likeness (QED) is 0.587. The van der Waals surface area contributed by atoms with E-state index in [1.54, 1.807) is 39.0 Å². The Balaban J connectivity index is 1.65. The molecule has 0 aliphatic rings. The van der Waals surface area contributed by atoms with E-state index >= 15 is 0 Å². The van der Waals surface area contributed by atoms with Crippen LogP contribution in [-0.2, 0) is 23.8 Å². The zero-order chi connectivity index (χ0) is 22.6. The average molecular weight is 434 g/mol. The van der Waals surface area contributed by atoms with Gasteiger partial charge in [-0.3, -0.25) is 5.32 Å². The van der Waals surface area contributed by atoms with Crippen molar-refractivity contribution in [2.75, 3.05) is 5.32 Å². The third-order valence-corrected chi connectivity index (χ3v) is 3.98. The first-order chi connectivity index (χ1) is 14.5. The number of ether oxygens (including phenoxy) is 1. The molecule has 7 nitrogen and oxygen atoms in total. The van der Waals surface area contributed by atoms with Crippen LogP contribution in [0.1, 0.15) is 37.8 Å². The number of aromatic nitrogens is 3. The van der Waals surface area contributed by atoms with Gasteiger partial charge in [0.15, 0.2) is 0 Å². The second kappa shape index (κ2) is 8.75. The molecule has 3 aromatic rings. The normalized spacial score (nSPS) is 11.9. The Hall–Kier alpha value is -3.43. The van der Waals surface area contributed by atoms with Crippen molar-refractivity contribution in [1.29, 1.82) is 0 Å². The standard InChI is InChI=1S/C21H21F3N4O3/c1-20(2,3)31-19(29)26-16-12-14(9-10-25-16)18-28-27-17(30-18)8-7-13-5-4-6-15(11-13)21(22,23)24/h4-6,9-12H,7-8H2,1-3H3,(H,25,26,29). The first-order valence-corrected chi connectivity index (χ1v) is 9.44. The molecule has 0 unspecified atom stereocenters. The number of aryl methyl sites for hydroxylation is 2. The SMILES string of the molecule is CC(C)(C)OC(=O)Nc1cc(-c2nnc(CCc3cccc(C(F)(F)F)c3)o2)ccn1. The molecule has 1 amide bonds. The Kier molecular flexibility index (Phi) is 6.28. The largest absolute Gasteiger partial charge is 0.444 e. The maximum atomic E-state index is 12.8. The summed E-state index contributed by atoms with van der Waals surface area (Å²) < 4.78 is 49.3. The maximum absolute atomic E-state index is 12.8. The highest BCUT2D eigenvalue weighted by Gasteiger charge is 2.30. The summed E-state index contributed by atoms with van der Waals surface area (Å²) in [7, 11) is 0. The molecule has 0 aliphatic carbocycles. The number of amides is 1. The van der Waals surface area contributed by atoms with Crippen molar-refractivity contribution < 1.29 is 27.1 Å². The van der Waals surface area contributed by atoms with Gasteiger partial charge in [-0.1, -0.05) is 18.2 Å². The fourth-order valence-corrected chi connectivity index (χ4v) is 2.67. The summed E-state index contributed by atoms with van der Waals surface area (Å²) in [6.45, 7) is 5.24. The molecule has 2 aromatic heterocycles. The van der Waals surface area contributed by atoms with Gasteiger partial charge in [-0.15, -0.1) is 10.2 Å². The Morgan fingerprint density at radius 3 is 2.58 bits per heavy atom. The topological polar surface area (TPSA) is 90.1 Å². The Bertz CT molecular complexity index is 1060. The molecule has 31 heavy (non-hydrogen) atoms. The predicted molar refractivity (Wildman–Crippen MR) is 106 cm³/mol. The molecule has 1 N–H and O–H groups in total. The molecule has 0 aliphatic heterocycles. The van der Waals surface area contributed by atoms with E-state index in [2.05, 4.69) is 20.5 Å². The number of nitrogens with zero attached hydrogens (tertiary/aromatic N) is 3. The van der Waals surface area contributed by atoms with Crippen molar-refractivity contribution in [1.82, 2.24) is 15.2 Å². The molecule has 0 fully saturated rings. The molecular weight excluding hydrogens is 413 g/mol. The smallest absolute Gasteiger partial charge is 0.416 e. The summed E-state index contributed by atoms with van der Waals surface area (Å²) in [6.07, 6.45) is -2.98. The minimum Gasteiger partial charge on any atom is -0.444 e. The number of hydrogen-bond donors (Lipinski definition) is 1. The molecule has 10 heteroatoms. The molecule has 0 spiro atoms. The number of pyridine rings is 1. The summed E-state index contributed by atoms with van der Waals surface area (Å²) in [6, 6.07) is 8.30. The predicted octanol–water partition coefficient (Wildman–Crippen LogP) is 5.28. The summed E-state index contributed by atoms with van der Waals surface area (Å²) in [5.74, 6) is 0.732. The molecule has 0 bridgehead atoms. The summed E-state index contributed by atoms with van der Waals surface area (Å²) in [4.78, 5) is 15.9. The maximum Gasteiger partial charge on any atom is 0.416 e.